The second kappa shape index (κ2) is 31.5. The third-order valence-corrected chi connectivity index (χ3v) is 7.65. The Morgan fingerprint density at radius 3 is 1.77 bits per heavy atom. The van der Waals surface area contributed by atoms with E-state index in [2.05, 4.69) is 26.8 Å². The first-order chi connectivity index (χ1) is 20.9. The van der Waals surface area contributed by atoms with E-state index in [4.69, 9.17) is 9.47 Å². The Hall–Kier alpha value is -1.95. The number of carbonyl (C=O) groups is 3. The van der Waals surface area contributed by atoms with Gasteiger partial charge in [0.2, 0.25) is 0 Å². The number of allylic oxidation sites excluding steroid dienone is 4. The van der Waals surface area contributed by atoms with Crippen molar-refractivity contribution >= 4 is 17.7 Å². The summed E-state index contributed by atoms with van der Waals surface area (Å²) in [6.07, 6.45) is 30.7. The van der Waals surface area contributed by atoms with Crippen LogP contribution in [0.15, 0.2) is 24.3 Å². The van der Waals surface area contributed by atoms with Crippen LogP contribution >= 0.6 is 0 Å². The van der Waals surface area contributed by atoms with Crippen LogP contribution in [0, 0.1) is 5.92 Å². The molecule has 0 aliphatic carbocycles. The third kappa shape index (κ3) is 31.3. The molecule has 0 saturated carbocycles. The summed E-state index contributed by atoms with van der Waals surface area (Å²) in [5, 5.41) is 9.51. The number of hydrogen-bond donors (Lipinski definition) is 1. The average Bonchev–Trinajstić information content (AvgIpc) is 2.98. The molecule has 0 aliphatic heterocycles. The maximum Gasteiger partial charge on any atom is 0.306 e. The second-order valence-corrected chi connectivity index (χ2v) is 12.5. The Kier molecular flexibility index (Phi) is 30.0. The molecule has 0 unspecified atom stereocenters. The molecule has 250 valence electrons. The Morgan fingerprint density at radius 2 is 1.19 bits per heavy atom. The van der Waals surface area contributed by atoms with Crippen molar-refractivity contribution in [3.8, 4) is 0 Å². The summed E-state index contributed by atoms with van der Waals surface area (Å²) >= 11 is 0. The van der Waals surface area contributed by atoms with Gasteiger partial charge in [-0.3, -0.25) is 14.4 Å². The summed E-state index contributed by atoms with van der Waals surface area (Å²) in [5.41, 5.74) is 0. The van der Waals surface area contributed by atoms with E-state index in [1.165, 1.54) is 51.4 Å². The molecule has 0 heterocycles. The topological polar surface area (TPSA) is 89.9 Å². The zero-order valence-corrected chi connectivity index (χ0v) is 28.1. The average molecular weight is 607 g/mol. The highest BCUT2D eigenvalue weighted by Gasteiger charge is 2.16. The molecule has 0 amide bonds. The molecular formula is C37H66O6. The van der Waals surface area contributed by atoms with Crippen LogP contribution in [-0.4, -0.2) is 42.1 Å². The number of ether oxygens (including phenoxy) is 2. The van der Waals surface area contributed by atoms with Gasteiger partial charge in [0.1, 0.15) is 6.61 Å². The second-order valence-electron chi connectivity index (χ2n) is 12.5. The van der Waals surface area contributed by atoms with E-state index in [0.29, 0.717) is 19.3 Å². The van der Waals surface area contributed by atoms with Crippen LogP contribution < -0.4 is 0 Å². The highest BCUT2D eigenvalue weighted by molar-refractivity contribution is 5.89. The van der Waals surface area contributed by atoms with Crippen LogP contribution in [0.5, 0.6) is 0 Å². The first-order valence-electron chi connectivity index (χ1n) is 17.7. The van der Waals surface area contributed by atoms with Gasteiger partial charge in [-0.05, 0) is 44.1 Å². The number of aliphatic hydroxyl groups is 1. The first-order valence-corrected chi connectivity index (χ1v) is 17.7. The smallest absolute Gasteiger partial charge is 0.306 e. The lowest BCUT2D eigenvalue weighted by Crippen LogP contribution is -2.28. The molecule has 43 heavy (non-hydrogen) atoms. The van der Waals surface area contributed by atoms with Crippen molar-refractivity contribution in [2.45, 2.75) is 175 Å². The summed E-state index contributed by atoms with van der Waals surface area (Å²) < 4.78 is 10.5. The molecule has 0 fully saturated rings. The summed E-state index contributed by atoms with van der Waals surface area (Å²) in [6, 6.07) is 0. The van der Waals surface area contributed by atoms with E-state index >= 15 is 0 Å². The molecule has 1 atom stereocenters. The van der Waals surface area contributed by atoms with Crippen LogP contribution in [-0.2, 0) is 23.9 Å². The van der Waals surface area contributed by atoms with Gasteiger partial charge in [-0.25, -0.2) is 0 Å². The summed E-state index contributed by atoms with van der Waals surface area (Å²) in [6.45, 7) is 6.27. The van der Waals surface area contributed by atoms with Gasteiger partial charge in [0.05, 0.1) is 6.61 Å². The van der Waals surface area contributed by atoms with E-state index in [0.717, 1.165) is 83.0 Å². The molecule has 0 aliphatic rings. The zero-order chi connectivity index (χ0) is 31.8. The summed E-state index contributed by atoms with van der Waals surface area (Å²) in [5.74, 6) is 0.366. The van der Waals surface area contributed by atoms with Crippen molar-refractivity contribution in [2.24, 2.45) is 5.92 Å². The molecule has 0 aromatic carbocycles. The third-order valence-electron chi connectivity index (χ3n) is 7.65. The molecule has 6 heteroatoms. The summed E-state index contributed by atoms with van der Waals surface area (Å²) in [7, 11) is 0. The van der Waals surface area contributed by atoms with Gasteiger partial charge in [0.15, 0.2) is 11.9 Å². The molecule has 0 aromatic heterocycles. The molecule has 1 N–H and O–H groups in total. The van der Waals surface area contributed by atoms with Crippen LogP contribution in [0.2, 0.25) is 0 Å². The van der Waals surface area contributed by atoms with Crippen molar-refractivity contribution in [1.29, 1.82) is 0 Å². The molecule has 0 saturated heterocycles. The lowest BCUT2D eigenvalue weighted by Gasteiger charge is -2.15. The molecular weight excluding hydrogens is 540 g/mol. The maximum atomic E-state index is 12.1. The molecule has 0 bridgehead atoms. The van der Waals surface area contributed by atoms with E-state index in [-0.39, 0.29) is 30.9 Å². The Bertz CT molecular complexity index is 727. The number of aliphatic hydroxyl groups excluding tert-OH is 1. The number of rotatable bonds is 31. The Balaban J connectivity index is 3.65. The fourth-order valence-corrected chi connectivity index (χ4v) is 4.90. The monoisotopic (exact) mass is 606 g/mol. The standard InChI is InChI=1S/C37H66O6/c1-4-5-21-27-34(39)28-23-18-14-10-8-12-15-19-24-29-36(40)42-32-35(31-38)43-37(41)30-25-20-16-11-7-6-9-13-17-22-26-33(2)3/h14,18,23,28,33,35,38H,4-13,15-17,19-22,24-27,29-32H2,1-3H3/b18-14-,28-23+/t35-/m0/s1. The predicted molar refractivity (Wildman–Crippen MR) is 178 cm³/mol. The van der Waals surface area contributed by atoms with E-state index in [9.17, 15) is 19.5 Å². The number of ketones is 1. The van der Waals surface area contributed by atoms with Gasteiger partial charge in [-0.2, -0.15) is 0 Å². The van der Waals surface area contributed by atoms with Crippen LogP contribution in [0.25, 0.3) is 0 Å². The number of esters is 2. The fraction of sp³-hybridized carbons (Fsp3) is 0.811. The van der Waals surface area contributed by atoms with Gasteiger partial charge in [0, 0.05) is 19.3 Å². The Labute approximate surface area is 264 Å². The van der Waals surface area contributed by atoms with Crippen molar-refractivity contribution in [1.82, 2.24) is 0 Å². The number of unbranched alkanes of at least 4 members (excludes halogenated alkanes) is 16. The normalized spacial score (nSPS) is 12.4. The minimum atomic E-state index is -0.793. The summed E-state index contributed by atoms with van der Waals surface area (Å²) in [4.78, 5) is 35.8. The van der Waals surface area contributed by atoms with Crippen LogP contribution in [0.3, 0.4) is 0 Å². The van der Waals surface area contributed by atoms with Crippen molar-refractivity contribution < 1.29 is 29.0 Å². The molecule has 0 spiro atoms. The molecule has 6 nitrogen and oxygen atoms in total. The van der Waals surface area contributed by atoms with Crippen LogP contribution in [0.1, 0.15) is 168 Å². The van der Waals surface area contributed by atoms with Crippen molar-refractivity contribution in [2.75, 3.05) is 13.2 Å². The van der Waals surface area contributed by atoms with E-state index in [1.807, 2.05) is 12.2 Å². The molecule has 0 radical (unpaired) electrons. The molecule has 0 rings (SSSR count). The minimum absolute atomic E-state index is 0.0936. The highest BCUT2D eigenvalue weighted by Crippen LogP contribution is 2.14. The lowest BCUT2D eigenvalue weighted by atomic mass is 10.0. The van der Waals surface area contributed by atoms with E-state index < -0.39 is 6.10 Å². The van der Waals surface area contributed by atoms with E-state index in [1.54, 1.807) is 6.08 Å². The zero-order valence-electron chi connectivity index (χ0n) is 28.1. The predicted octanol–water partition coefficient (Wildman–Crippen LogP) is 9.76. The van der Waals surface area contributed by atoms with Gasteiger partial charge in [-0.1, -0.05) is 135 Å². The van der Waals surface area contributed by atoms with Crippen molar-refractivity contribution in [3.05, 3.63) is 24.3 Å². The Morgan fingerprint density at radius 1 is 0.651 bits per heavy atom. The lowest BCUT2D eigenvalue weighted by molar-refractivity contribution is -0.161. The quantitative estimate of drug-likeness (QED) is 0.0366. The van der Waals surface area contributed by atoms with Crippen molar-refractivity contribution in [3.63, 3.8) is 0 Å². The molecule has 0 aromatic rings. The first kappa shape index (κ1) is 41.0. The SMILES string of the molecule is CCCCCC(=O)/C=C/C=C\CCCCCCCC(=O)OC[C@H](CO)OC(=O)CCCCCCCCCCCCC(C)C. The largest absolute Gasteiger partial charge is 0.462 e. The van der Waals surface area contributed by atoms with Crippen LogP contribution in [0.4, 0.5) is 0 Å². The number of hydrogen-bond acceptors (Lipinski definition) is 6. The van der Waals surface area contributed by atoms with Gasteiger partial charge in [-0.15, -0.1) is 0 Å². The van der Waals surface area contributed by atoms with Gasteiger partial charge < -0.3 is 14.6 Å². The van der Waals surface area contributed by atoms with Gasteiger partial charge in [0.25, 0.3) is 0 Å². The fourth-order valence-electron chi connectivity index (χ4n) is 4.90. The number of carbonyl (C=O) groups excluding carboxylic acids is 3. The minimum Gasteiger partial charge on any atom is -0.462 e. The maximum absolute atomic E-state index is 12.1. The van der Waals surface area contributed by atoms with Gasteiger partial charge >= 0.3 is 11.9 Å². The highest BCUT2D eigenvalue weighted by atomic mass is 16.6.